The highest BCUT2D eigenvalue weighted by Crippen LogP contribution is 2.34. The van der Waals surface area contributed by atoms with Gasteiger partial charge in [0.05, 0.1) is 5.02 Å². The number of halogens is 1. The van der Waals surface area contributed by atoms with Crippen LogP contribution < -0.4 is 5.32 Å². The molecule has 1 aliphatic carbocycles. The van der Waals surface area contributed by atoms with Gasteiger partial charge in [0.2, 0.25) is 0 Å². The predicted octanol–water partition coefficient (Wildman–Crippen LogP) is 3.47. The van der Waals surface area contributed by atoms with E-state index in [4.69, 9.17) is 11.6 Å². The summed E-state index contributed by atoms with van der Waals surface area (Å²) in [6.45, 7) is 3.84. The van der Waals surface area contributed by atoms with Crippen LogP contribution in [0.2, 0.25) is 5.02 Å². The third-order valence-electron chi connectivity index (χ3n) is 3.86. The Labute approximate surface area is 127 Å². The molecule has 0 aromatic carbocycles. The second-order valence-electron chi connectivity index (χ2n) is 5.60. The fraction of sp³-hybridized carbons (Fsp3) is 0.571. The Morgan fingerprint density at radius 1 is 1.55 bits per heavy atom. The molecule has 2 atom stereocenters. The molecule has 1 saturated carbocycles. The average molecular weight is 316 g/mol. The number of hydrogen-bond donors (Lipinski definition) is 2. The van der Waals surface area contributed by atoms with Gasteiger partial charge in [-0.25, -0.2) is 4.79 Å². The van der Waals surface area contributed by atoms with Crippen molar-refractivity contribution >= 4 is 34.8 Å². The first-order valence-corrected chi connectivity index (χ1v) is 7.91. The Morgan fingerprint density at radius 2 is 2.25 bits per heavy atom. The third kappa shape index (κ3) is 2.83. The van der Waals surface area contributed by atoms with Crippen molar-refractivity contribution in [3.63, 3.8) is 0 Å². The molecule has 1 aromatic rings. The van der Waals surface area contributed by atoms with Gasteiger partial charge in [0.15, 0.2) is 0 Å². The van der Waals surface area contributed by atoms with E-state index < -0.39 is 11.5 Å². The number of amides is 1. The molecule has 1 aromatic heterocycles. The molecule has 20 heavy (non-hydrogen) atoms. The van der Waals surface area contributed by atoms with Crippen molar-refractivity contribution in [3.05, 3.63) is 20.8 Å². The smallest absolute Gasteiger partial charge is 0.329 e. The number of aliphatic carboxylic acids is 1. The van der Waals surface area contributed by atoms with Crippen molar-refractivity contribution < 1.29 is 14.7 Å². The van der Waals surface area contributed by atoms with Gasteiger partial charge >= 0.3 is 5.97 Å². The predicted molar refractivity (Wildman–Crippen MR) is 79.5 cm³/mol. The summed E-state index contributed by atoms with van der Waals surface area (Å²) in [6, 6.07) is 0. The number of nitrogens with one attached hydrogen (secondary N) is 1. The maximum atomic E-state index is 12.3. The minimum atomic E-state index is -1.16. The molecule has 1 aliphatic rings. The molecule has 1 heterocycles. The molecule has 0 bridgehead atoms. The van der Waals surface area contributed by atoms with Gasteiger partial charge in [-0.15, -0.1) is 11.3 Å². The molecule has 110 valence electrons. The first-order chi connectivity index (χ1) is 9.35. The zero-order valence-electron chi connectivity index (χ0n) is 11.5. The van der Waals surface area contributed by atoms with E-state index in [0.29, 0.717) is 28.7 Å². The number of carboxylic acid groups (broad SMARTS) is 1. The minimum absolute atomic E-state index is 0.292. The van der Waals surface area contributed by atoms with Crippen LogP contribution in [0.3, 0.4) is 0 Å². The maximum Gasteiger partial charge on any atom is 0.329 e. The number of rotatable bonds is 3. The number of carbonyl (C=O) groups is 2. The molecule has 4 nitrogen and oxygen atoms in total. The highest BCUT2D eigenvalue weighted by atomic mass is 35.5. The molecule has 0 radical (unpaired) electrons. The van der Waals surface area contributed by atoms with Gasteiger partial charge < -0.3 is 10.4 Å². The molecule has 0 aliphatic heterocycles. The van der Waals surface area contributed by atoms with Gasteiger partial charge in [-0.05, 0) is 36.6 Å². The van der Waals surface area contributed by atoms with Crippen LogP contribution >= 0.6 is 22.9 Å². The highest BCUT2D eigenvalue weighted by molar-refractivity contribution is 7.13. The molecule has 0 spiro atoms. The van der Waals surface area contributed by atoms with Crippen LogP contribution in [0.5, 0.6) is 0 Å². The lowest BCUT2D eigenvalue weighted by molar-refractivity contribution is -0.146. The summed E-state index contributed by atoms with van der Waals surface area (Å²) in [4.78, 5) is 24.3. The summed E-state index contributed by atoms with van der Waals surface area (Å²) in [6.07, 6.45) is 2.76. The molecule has 2 N–H and O–H groups in total. The van der Waals surface area contributed by atoms with E-state index in [2.05, 4.69) is 5.32 Å². The van der Waals surface area contributed by atoms with E-state index in [1.165, 1.54) is 11.3 Å². The Morgan fingerprint density at radius 3 is 2.75 bits per heavy atom. The molecule has 6 heteroatoms. The average Bonchev–Trinajstić information content (AvgIpc) is 2.70. The van der Waals surface area contributed by atoms with Crippen LogP contribution in [0.15, 0.2) is 5.38 Å². The van der Waals surface area contributed by atoms with E-state index in [9.17, 15) is 14.7 Å². The quantitative estimate of drug-likeness (QED) is 0.897. The second-order valence-corrected chi connectivity index (χ2v) is 6.86. The van der Waals surface area contributed by atoms with Crippen molar-refractivity contribution in [2.45, 2.75) is 45.1 Å². The SMILES string of the molecule is Cc1csc(C(=O)NC2(C(=O)O)CCCC(C)C2)c1Cl. The number of aryl methyl sites for hydroxylation is 1. The minimum Gasteiger partial charge on any atom is -0.480 e. The Hall–Kier alpha value is -1.07. The van der Waals surface area contributed by atoms with E-state index >= 15 is 0 Å². The molecule has 1 fully saturated rings. The number of carboxylic acids is 1. The topological polar surface area (TPSA) is 66.4 Å². The molecule has 0 saturated heterocycles. The van der Waals surface area contributed by atoms with Crippen LogP contribution in [0.1, 0.15) is 47.8 Å². The summed E-state index contributed by atoms with van der Waals surface area (Å²) in [5, 5.41) is 14.5. The Kier molecular flexibility index (Phi) is 4.39. The molecular formula is C14H18ClNO3S. The lowest BCUT2D eigenvalue weighted by Gasteiger charge is -2.36. The fourth-order valence-corrected chi connectivity index (χ4v) is 3.94. The first kappa shape index (κ1) is 15.3. The largest absolute Gasteiger partial charge is 0.480 e. The fourth-order valence-electron chi connectivity index (χ4n) is 2.77. The lowest BCUT2D eigenvalue weighted by atomic mass is 9.76. The van der Waals surface area contributed by atoms with Gasteiger partial charge in [0, 0.05) is 0 Å². The number of thiophene rings is 1. The van der Waals surface area contributed by atoms with Gasteiger partial charge in [0.1, 0.15) is 10.4 Å². The van der Waals surface area contributed by atoms with Crippen molar-refractivity contribution in [2.75, 3.05) is 0 Å². The number of hydrogen-bond acceptors (Lipinski definition) is 3. The second kappa shape index (κ2) is 5.74. The molecule has 1 amide bonds. The van der Waals surface area contributed by atoms with E-state index in [0.717, 1.165) is 18.4 Å². The molecule has 2 unspecified atom stereocenters. The maximum absolute atomic E-state index is 12.3. The van der Waals surface area contributed by atoms with E-state index in [-0.39, 0.29) is 5.91 Å². The van der Waals surface area contributed by atoms with Crippen LogP contribution in [-0.4, -0.2) is 22.5 Å². The van der Waals surface area contributed by atoms with Gasteiger partial charge in [-0.3, -0.25) is 4.79 Å². The standard InChI is InChI=1S/C14H18ClNO3S/c1-8-4-3-5-14(6-8,13(18)19)16-12(17)11-10(15)9(2)7-20-11/h7-8H,3-6H2,1-2H3,(H,16,17)(H,18,19). The van der Waals surface area contributed by atoms with Crippen LogP contribution in [-0.2, 0) is 4.79 Å². The van der Waals surface area contributed by atoms with Crippen LogP contribution in [0, 0.1) is 12.8 Å². The zero-order chi connectivity index (χ0) is 14.9. The Bertz CT molecular complexity index is 543. The molecule has 2 rings (SSSR count). The zero-order valence-corrected chi connectivity index (χ0v) is 13.1. The van der Waals surface area contributed by atoms with Crippen molar-refractivity contribution in [1.29, 1.82) is 0 Å². The van der Waals surface area contributed by atoms with E-state index in [1.807, 2.05) is 13.8 Å². The van der Waals surface area contributed by atoms with Gasteiger partial charge in [-0.1, -0.05) is 31.4 Å². The van der Waals surface area contributed by atoms with Crippen molar-refractivity contribution in [3.8, 4) is 0 Å². The van der Waals surface area contributed by atoms with E-state index in [1.54, 1.807) is 5.38 Å². The number of carbonyl (C=O) groups excluding carboxylic acids is 1. The van der Waals surface area contributed by atoms with Crippen LogP contribution in [0.25, 0.3) is 0 Å². The monoisotopic (exact) mass is 315 g/mol. The summed E-state index contributed by atoms with van der Waals surface area (Å²) < 4.78 is 0. The third-order valence-corrected chi connectivity index (χ3v) is 5.56. The van der Waals surface area contributed by atoms with Gasteiger partial charge in [0.25, 0.3) is 5.91 Å². The highest BCUT2D eigenvalue weighted by Gasteiger charge is 2.43. The van der Waals surface area contributed by atoms with Crippen LogP contribution in [0.4, 0.5) is 0 Å². The van der Waals surface area contributed by atoms with Crippen molar-refractivity contribution in [1.82, 2.24) is 5.32 Å². The Balaban J connectivity index is 2.23. The summed E-state index contributed by atoms with van der Waals surface area (Å²) in [7, 11) is 0. The summed E-state index contributed by atoms with van der Waals surface area (Å²) in [5.74, 6) is -1.05. The van der Waals surface area contributed by atoms with Gasteiger partial charge in [-0.2, -0.15) is 0 Å². The molecular weight excluding hydrogens is 298 g/mol. The summed E-state index contributed by atoms with van der Waals surface area (Å²) >= 11 is 7.32. The first-order valence-electron chi connectivity index (χ1n) is 6.65. The lowest BCUT2D eigenvalue weighted by Crippen LogP contribution is -2.56. The summed E-state index contributed by atoms with van der Waals surface area (Å²) in [5.41, 5.74) is -0.320. The normalized spacial score (nSPS) is 26.2. The van der Waals surface area contributed by atoms with Crippen molar-refractivity contribution in [2.24, 2.45) is 5.92 Å².